The maximum Gasteiger partial charge on any atom is 0.252 e. The van der Waals surface area contributed by atoms with Gasteiger partial charge in [-0.3, -0.25) is 4.79 Å². The summed E-state index contributed by atoms with van der Waals surface area (Å²) in [5.74, 6) is 0.436. The Morgan fingerprint density at radius 1 is 1.19 bits per heavy atom. The van der Waals surface area contributed by atoms with E-state index < -0.39 is 10.0 Å². The molecule has 1 fully saturated rings. The molecule has 1 N–H and O–H groups in total. The minimum absolute atomic E-state index is 0.127. The molecule has 1 saturated heterocycles. The molecule has 146 valence electrons. The highest BCUT2D eigenvalue weighted by atomic mass is 32.2. The van der Waals surface area contributed by atoms with E-state index in [0.717, 1.165) is 35.5 Å². The van der Waals surface area contributed by atoms with Crippen molar-refractivity contribution >= 4 is 33.0 Å². The number of carbonyl (C=O) groups excluding carboxylic acids is 1. The lowest BCUT2D eigenvalue weighted by Gasteiger charge is -2.13. The van der Waals surface area contributed by atoms with Crippen LogP contribution in [-0.4, -0.2) is 38.3 Å². The molecule has 0 aliphatic carbocycles. The molecule has 27 heavy (non-hydrogen) atoms. The maximum absolute atomic E-state index is 12.6. The van der Waals surface area contributed by atoms with Crippen molar-refractivity contribution in [2.45, 2.75) is 36.8 Å². The van der Waals surface area contributed by atoms with Crippen LogP contribution in [0.5, 0.6) is 5.75 Å². The predicted molar refractivity (Wildman–Crippen MR) is 107 cm³/mol. The van der Waals surface area contributed by atoms with Gasteiger partial charge in [-0.2, -0.15) is 4.31 Å². The first-order valence-corrected chi connectivity index (χ1v) is 11.4. The van der Waals surface area contributed by atoms with Crippen LogP contribution >= 0.6 is 11.3 Å². The molecule has 0 bridgehead atoms. The number of rotatable bonds is 8. The summed E-state index contributed by atoms with van der Waals surface area (Å²) in [6.45, 7) is 3.75. The number of benzene rings is 1. The summed E-state index contributed by atoms with van der Waals surface area (Å²) in [7, 11) is -3.43. The van der Waals surface area contributed by atoms with Crippen LogP contribution in [0.3, 0.4) is 0 Å². The first-order valence-electron chi connectivity index (χ1n) is 9.11. The fourth-order valence-corrected chi connectivity index (χ4v) is 5.93. The maximum atomic E-state index is 12.6. The summed E-state index contributed by atoms with van der Waals surface area (Å²) >= 11 is 1.16. The minimum atomic E-state index is -3.43. The molecule has 6 nitrogen and oxygen atoms in total. The van der Waals surface area contributed by atoms with Crippen LogP contribution in [0.15, 0.2) is 40.6 Å². The van der Waals surface area contributed by atoms with Gasteiger partial charge < -0.3 is 10.1 Å². The van der Waals surface area contributed by atoms with Gasteiger partial charge in [-0.1, -0.05) is 19.1 Å². The first kappa shape index (κ1) is 19.9. The Morgan fingerprint density at radius 3 is 2.67 bits per heavy atom. The summed E-state index contributed by atoms with van der Waals surface area (Å²) in [5, 5.41) is 2.85. The molecule has 2 aromatic rings. The van der Waals surface area contributed by atoms with E-state index in [4.69, 9.17) is 4.74 Å². The van der Waals surface area contributed by atoms with E-state index in [1.807, 2.05) is 25.1 Å². The van der Waals surface area contributed by atoms with E-state index in [1.165, 1.54) is 4.31 Å². The van der Waals surface area contributed by atoms with Crippen molar-refractivity contribution < 1.29 is 17.9 Å². The van der Waals surface area contributed by atoms with E-state index in [9.17, 15) is 13.2 Å². The van der Waals surface area contributed by atoms with Gasteiger partial charge in [0.15, 0.2) is 0 Å². The van der Waals surface area contributed by atoms with E-state index in [1.54, 1.807) is 18.2 Å². The van der Waals surface area contributed by atoms with Crippen LogP contribution in [0, 0.1) is 0 Å². The Balaban J connectivity index is 1.65. The zero-order chi connectivity index (χ0) is 19.3. The fourth-order valence-electron chi connectivity index (χ4n) is 2.91. The number of carbonyl (C=O) groups is 1. The molecule has 0 saturated carbocycles. The van der Waals surface area contributed by atoms with Crippen molar-refractivity contribution in [3.63, 3.8) is 0 Å². The standard InChI is InChI=1S/C19H24N2O4S2/c1-2-13-25-17-8-4-3-7-16(17)20-18(22)14-15-9-10-19(26-15)27(23,24)21-11-5-6-12-21/h3-4,7-10H,2,5-6,11-14H2,1H3,(H,20,22). The molecule has 0 spiro atoms. The summed E-state index contributed by atoms with van der Waals surface area (Å²) in [6.07, 6.45) is 2.81. The second kappa shape index (κ2) is 8.86. The van der Waals surface area contributed by atoms with E-state index >= 15 is 0 Å². The number of sulfonamides is 1. The number of thiophene rings is 1. The van der Waals surface area contributed by atoms with Gasteiger partial charge in [-0.15, -0.1) is 11.3 Å². The zero-order valence-corrected chi connectivity index (χ0v) is 16.9. The highest BCUT2D eigenvalue weighted by molar-refractivity contribution is 7.91. The SMILES string of the molecule is CCCOc1ccccc1NC(=O)Cc1ccc(S(=O)(=O)N2CCCC2)s1. The summed E-state index contributed by atoms with van der Waals surface area (Å²) in [5.41, 5.74) is 0.623. The number of hydrogen-bond acceptors (Lipinski definition) is 5. The van der Waals surface area contributed by atoms with Crippen molar-refractivity contribution in [2.24, 2.45) is 0 Å². The molecule has 0 unspecified atom stereocenters. The molecule has 8 heteroatoms. The Morgan fingerprint density at radius 2 is 1.93 bits per heavy atom. The molecule has 0 radical (unpaired) electrons. The first-order chi connectivity index (χ1) is 13.0. The highest BCUT2D eigenvalue weighted by Gasteiger charge is 2.28. The summed E-state index contributed by atoms with van der Waals surface area (Å²) in [6, 6.07) is 10.6. The average Bonchev–Trinajstić information content (AvgIpc) is 3.33. The third-order valence-corrected chi connectivity index (χ3v) is 7.71. The van der Waals surface area contributed by atoms with Crippen LogP contribution in [0.2, 0.25) is 0 Å². The van der Waals surface area contributed by atoms with Crippen LogP contribution in [0.25, 0.3) is 0 Å². The van der Waals surface area contributed by atoms with Crippen LogP contribution < -0.4 is 10.1 Å². The molecular formula is C19H24N2O4S2. The van der Waals surface area contributed by atoms with Gasteiger partial charge in [-0.05, 0) is 43.5 Å². The Hall–Kier alpha value is -1.90. The molecule has 0 atom stereocenters. The van der Waals surface area contributed by atoms with Gasteiger partial charge in [0.05, 0.1) is 18.7 Å². The van der Waals surface area contributed by atoms with Crippen molar-refractivity contribution in [2.75, 3.05) is 25.0 Å². The predicted octanol–water partition coefficient (Wildman–Crippen LogP) is 3.50. The number of nitrogens with zero attached hydrogens (tertiary/aromatic N) is 1. The molecule has 1 aliphatic rings. The van der Waals surface area contributed by atoms with Gasteiger partial charge in [0.1, 0.15) is 9.96 Å². The third kappa shape index (κ3) is 4.88. The number of hydrogen-bond donors (Lipinski definition) is 1. The highest BCUT2D eigenvalue weighted by Crippen LogP contribution is 2.28. The molecule has 1 amide bonds. The van der Waals surface area contributed by atoms with E-state index in [0.29, 0.717) is 35.3 Å². The van der Waals surface area contributed by atoms with Crippen molar-refractivity contribution in [3.05, 3.63) is 41.3 Å². The number of nitrogens with one attached hydrogen (secondary N) is 1. The Labute approximate surface area is 164 Å². The van der Waals surface area contributed by atoms with Gasteiger partial charge in [0, 0.05) is 18.0 Å². The molecular weight excluding hydrogens is 384 g/mol. The molecule has 1 aromatic heterocycles. The van der Waals surface area contributed by atoms with Crippen LogP contribution in [-0.2, 0) is 21.2 Å². The summed E-state index contributed by atoms with van der Waals surface area (Å²) < 4.78 is 32.6. The van der Waals surface area contributed by atoms with Crippen LogP contribution in [0.4, 0.5) is 5.69 Å². The van der Waals surface area contributed by atoms with E-state index in [-0.39, 0.29) is 12.3 Å². The van der Waals surface area contributed by atoms with Crippen molar-refractivity contribution in [3.8, 4) is 5.75 Å². The lowest BCUT2D eigenvalue weighted by atomic mass is 10.2. The lowest BCUT2D eigenvalue weighted by molar-refractivity contribution is -0.115. The van der Waals surface area contributed by atoms with Gasteiger partial charge in [-0.25, -0.2) is 8.42 Å². The number of ether oxygens (including phenoxy) is 1. The molecule has 1 aromatic carbocycles. The van der Waals surface area contributed by atoms with Crippen molar-refractivity contribution in [1.29, 1.82) is 0 Å². The molecule has 2 heterocycles. The average molecular weight is 409 g/mol. The largest absolute Gasteiger partial charge is 0.491 e. The van der Waals surface area contributed by atoms with Gasteiger partial charge in [0.2, 0.25) is 5.91 Å². The molecule has 1 aliphatic heterocycles. The Kier molecular flexibility index (Phi) is 6.51. The van der Waals surface area contributed by atoms with Gasteiger partial charge in [0.25, 0.3) is 10.0 Å². The van der Waals surface area contributed by atoms with Crippen molar-refractivity contribution in [1.82, 2.24) is 4.31 Å². The lowest BCUT2D eigenvalue weighted by Crippen LogP contribution is -2.27. The van der Waals surface area contributed by atoms with Crippen LogP contribution in [0.1, 0.15) is 31.1 Å². The third-order valence-electron chi connectivity index (χ3n) is 4.25. The quantitative estimate of drug-likeness (QED) is 0.725. The smallest absolute Gasteiger partial charge is 0.252 e. The van der Waals surface area contributed by atoms with E-state index in [2.05, 4.69) is 5.32 Å². The van der Waals surface area contributed by atoms with Gasteiger partial charge >= 0.3 is 0 Å². The number of amides is 1. The second-order valence-corrected chi connectivity index (χ2v) is 9.73. The zero-order valence-electron chi connectivity index (χ0n) is 15.3. The summed E-state index contributed by atoms with van der Waals surface area (Å²) in [4.78, 5) is 13.1. The fraction of sp³-hybridized carbons (Fsp3) is 0.421. The normalized spacial score (nSPS) is 15.0. The number of para-hydroxylation sites is 2. The molecule has 3 rings (SSSR count). The second-order valence-electron chi connectivity index (χ2n) is 6.40. The topological polar surface area (TPSA) is 75.7 Å². The monoisotopic (exact) mass is 408 g/mol. The Bertz CT molecular complexity index is 887. The minimum Gasteiger partial charge on any atom is -0.491 e. The number of anilines is 1.